The number of nitrogens with one attached hydrogen (secondary N) is 2. The van der Waals surface area contributed by atoms with Gasteiger partial charge in [0.15, 0.2) is 0 Å². The molecule has 32 heavy (non-hydrogen) atoms. The largest absolute Gasteiger partial charge is 0.497 e. The summed E-state index contributed by atoms with van der Waals surface area (Å²) < 4.78 is 5.26. The number of rotatable bonds is 4. The molecular formula is C26H29N3O3. The van der Waals surface area contributed by atoms with Gasteiger partial charge in [0.1, 0.15) is 5.75 Å². The Labute approximate surface area is 187 Å². The van der Waals surface area contributed by atoms with Crippen LogP contribution in [0.5, 0.6) is 5.75 Å². The Balaban J connectivity index is 1.32. The molecule has 1 aliphatic carbocycles. The molecule has 6 heteroatoms. The quantitative estimate of drug-likeness (QED) is 0.638. The number of nitrogens with zero attached hydrogens (tertiary/aromatic N) is 1. The number of aromatic amines is 1. The second-order valence-electron chi connectivity index (χ2n) is 8.86. The zero-order valence-electron chi connectivity index (χ0n) is 18.4. The van der Waals surface area contributed by atoms with E-state index >= 15 is 0 Å². The van der Waals surface area contributed by atoms with E-state index in [2.05, 4.69) is 28.5 Å². The Morgan fingerprint density at radius 2 is 1.88 bits per heavy atom. The third-order valence-corrected chi connectivity index (χ3v) is 6.95. The molecule has 1 aromatic heterocycles. The lowest BCUT2D eigenvalue weighted by atomic mass is 9.77. The van der Waals surface area contributed by atoms with Crippen LogP contribution in [0.15, 0.2) is 48.5 Å². The fraction of sp³-hybridized carbons (Fsp3) is 0.385. The number of carbonyl (C=O) groups excluding carboxylic acids is 2. The Hall–Kier alpha value is -3.28. The number of para-hydroxylation sites is 1. The Morgan fingerprint density at radius 3 is 2.72 bits per heavy atom. The molecule has 2 amide bonds. The van der Waals surface area contributed by atoms with Crippen LogP contribution in [0, 0.1) is 11.8 Å². The summed E-state index contributed by atoms with van der Waals surface area (Å²) in [6.07, 6.45) is 4.33. The highest BCUT2D eigenvalue weighted by molar-refractivity contribution is 5.96. The molecule has 2 aliphatic rings. The fourth-order valence-electron chi connectivity index (χ4n) is 5.29. The Morgan fingerprint density at radius 1 is 1.06 bits per heavy atom. The van der Waals surface area contributed by atoms with E-state index in [4.69, 9.17) is 4.74 Å². The van der Waals surface area contributed by atoms with Crippen molar-refractivity contribution in [2.45, 2.75) is 38.6 Å². The van der Waals surface area contributed by atoms with E-state index < -0.39 is 0 Å². The predicted molar refractivity (Wildman–Crippen MR) is 124 cm³/mol. The number of fused-ring (bicyclic) bond motifs is 3. The highest BCUT2D eigenvalue weighted by Gasteiger charge is 2.39. The molecule has 0 radical (unpaired) electrons. The summed E-state index contributed by atoms with van der Waals surface area (Å²) in [5.41, 5.74) is 4.27. The van der Waals surface area contributed by atoms with Crippen molar-refractivity contribution < 1.29 is 14.3 Å². The number of carbonyl (C=O) groups is 2. The Bertz CT molecular complexity index is 1150. The standard InChI is InChI=1S/C26H29N3O3/c1-32-18-8-6-7-17(15-18)27-25(30)21-10-2-3-11-22(21)26(31)29-14-13-20-19-9-4-5-12-23(19)28-24(20)16-29/h4-9,12,15,21-22,28H,2-3,10-11,13-14,16H2,1H3,(H,27,30). The molecule has 2 heterocycles. The topological polar surface area (TPSA) is 74.4 Å². The number of amides is 2. The van der Waals surface area contributed by atoms with Crippen LogP contribution in [0.2, 0.25) is 0 Å². The second-order valence-corrected chi connectivity index (χ2v) is 8.86. The van der Waals surface area contributed by atoms with Crippen LogP contribution < -0.4 is 10.1 Å². The summed E-state index contributed by atoms with van der Waals surface area (Å²) >= 11 is 0. The third kappa shape index (κ3) is 3.85. The summed E-state index contributed by atoms with van der Waals surface area (Å²) in [7, 11) is 1.61. The van der Waals surface area contributed by atoms with Crippen LogP contribution in [0.4, 0.5) is 5.69 Å². The first kappa shape index (κ1) is 20.6. The number of hydrogen-bond donors (Lipinski definition) is 2. The highest BCUT2D eigenvalue weighted by atomic mass is 16.5. The second kappa shape index (κ2) is 8.69. The van der Waals surface area contributed by atoms with Crippen molar-refractivity contribution in [2.24, 2.45) is 11.8 Å². The van der Waals surface area contributed by atoms with Crippen LogP contribution in [-0.2, 0) is 22.6 Å². The first-order chi connectivity index (χ1) is 15.6. The minimum Gasteiger partial charge on any atom is -0.497 e. The maximum Gasteiger partial charge on any atom is 0.228 e. The molecule has 0 spiro atoms. The number of methoxy groups -OCH3 is 1. The van der Waals surface area contributed by atoms with Gasteiger partial charge in [0.25, 0.3) is 0 Å². The molecule has 2 unspecified atom stereocenters. The van der Waals surface area contributed by atoms with Gasteiger partial charge >= 0.3 is 0 Å². The minimum atomic E-state index is -0.299. The minimum absolute atomic E-state index is 0.0698. The molecule has 0 bridgehead atoms. The lowest BCUT2D eigenvalue weighted by molar-refractivity contribution is -0.143. The summed E-state index contributed by atoms with van der Waals surface area (Å²) in [6.45, 7) is 1.29. The molecule has 1 saturated carbocycles. The number of hydrogen-bond acceptors (Lipinski definition) is 3. The molecular weight excluding hydrogens is 402 g/mol. The molecule has 5 rings (SSSR count). The van der Waals surface area contributed by atoms with Crippen molar-refractivity contribution in [1.82, 2.24) is 9.88 Å². The SMILES string of the molecule is COc1cccc(NC(=O)C2CCCCC2C(=O)N2CCc3c([nH]c4ccccc34)C2)c1. The Kier molecular flexibility index (Phi) is 5.60. The average Bonchev–Trinajstić information content (AvgIpc) is 3.21. The molecule has 1 aliphatic heterocycles. The van der Waals surface area contributed by atoms with Crippen molar-refractivity contribution in [2.75, 3.05) is 19.0 Å². The molecule has 166 valence electrons. The first-order valence-electron chi connectivity index (χ1n) is 11.5. The monoisotopic (exact) mass is 431 g/mol. The molecule has 3 aromatic rings. The lowest BCUT2D eigenvalue weighted by Crippen LogP contribution is -2.45. The van der Waals surface area contributed by atoms with Crippen LogP contribution >= 0.6 is 0 Å². The van der Waals surface area contributed by atoms with Gasteiger partial charge in [0.05, 0.1) is 13.7 Å². The number of anilines is 1. The van der Waals surface area contributed by atoms with E-state index in [-0.39, 0.29) is 23.7 Å². The summed E-state index contributed by atoms with van der Waals surface area (Å²) in [5.74, 6) is 0.174. The molecule has 0 saturated heterocycles. The number of H-pyrrole nitrogens is 1. The van der Waals surface area contributed by atoms with Gasteiger partial charge in [0.2, 0.25) is 11.8 Å². The van der Waals surface area contributed by atoms with Crippen LogP contribution in [0.25, 0.3) is 10.9 Å². The zero-order chi connectivity index (χ0) is 22.1. The summed E-state index contributed by atoms with van der Waals surface area (Å²) in [4.78, 5) is 32.1. The van der Waals surface area contributed by atoms with E-state index in [1.54, 1.807) is 13.2 Å². The van der Waals surface area contributed by atoms with E-state index in [1.165, 1.54) is 10.9 Å². The van der Waals surface area contributed by atoms with Crippen LogP contribution in [0.1, 0.15) is 36.9 Å². The maximum absolute atomic E-state index is 13.6. The predicted octanol–water partition coefficient (Wildman–Crippen LogP) is 4.51. The van der Waals surface area contributed by atoms with Gasteiger partial charge in [-0.3, -0.25) is 9.59 Å². The number of aromatic nitrogens is 1. The van der Waals surface area contributed by atoms with Crippen molar-refractivity contribution in [3.8, 4) is 5.75 Å². The zero-order valence-corrected chi connectivity index (χ0v) is 18.4. The first-order valence-corrected chi connectivity index (χ1v) is 11.5. The molecule has 2 aromatic carbocycles. The van der Waals surface area contributed by atoms with Crippen LogP contribution in [0.3, 0.4) is 0 Å². The van der Waals surface area contributed by atoms with Gasteiger partial charge in [-0.05, 0) is 43.0 Å². The smallest absolute Gasteiger partial charge is 0.228 e. The van der Waals surface area contributed by atoms with E-state index in [9.17, 15) is 9.59 Å². The molecule has 2 atom stereocenters. The highest BCUT2D eigenvalue weighted by Crippen LogP contribution is 2.35. The normalized spacial score (nSPS) is 20.6. The van der Waals surface area contributed by atoms with Crippen molar-refractivity contribution in [3.63, 3.8) is 0 Å². The third-order valence-electron chi connectivity index (χ3n) is 6.95. The van der Waals surface area contributed by atoms with Gasteiger partial charge in [-0.1, -0.05) is 37.1 Å². The molecule has 1 fully saturated rings. The maximum atomic E-state index is 13.6. The van der Waals surface area contributed by atoms with Gasteiger partial charge in [-0.2, -0.15) is 0 Å². The molecule has 2 N–H and O–H groups in total. The van der Waals surface area contributed by atoms with E-state index in [1.807, 2.05) is 29.2 Å². The molecule has 6 nitrogen and oxygen atoms in total. The van der Waals surface area contributed by atoms with Crippen molar-refractivity contribution in [1.29, 1.82) is 0 Å². The van der Waals surface area contributed by atoms with Crippen LogP contribution in [-0.4, -0.2) is 35.4 Å². The number of benzene rings is 2. The van der Waals surface area contributed by atoms with Gasteiger partial charge in [-0.25, -0.2) is 0 Å². The van der Waals surface area contributed by atoms with Gasteiger partial charge in [0, 0.05) is 46.7 Å². The fourth-order valence-corrected chi connectivity index (χ4v) is 5.29. The van der Waals surface area contributed by atoms with Crippen molar-refractivity contribution in [3.05, 3.63) is 59.8 Å². The van der Waals surface area contributed by atoms with Gasteiger partial charge in [-0.15, -0.1) is 0 Å². The number of ether oxygens (including phenoxy) is 1. The van der Waals surface area contributed by atoms with E-state index in [0.717, 1.165) is 43.3 Å². The summed E-state index contributed by atoms with van der Waals surface area (Å²) in [6, 6.07) is 15.7. The average molecular weight is 432 g/mol. The van der Waals surface area contributed by atoms with Crippen molar-refractivity contribution >= 4 is 28.4 Å². The van der Waals surface area contributed by atoms with E-state index in [0.29, 0.717) is 24.5 Å². The van der Waals surface area contributed by atoms with Gasteiger partial charge < -0.3 is 19.9 Å². The lowest BCUT2D eigenvalue weighted by Gasteiger charge is -2.35. The summed E-state index contributed by atoms with van der Waals surface area (Å²) in [5, 5.41) is 4.26.